The molecule has 152 valence electrons. The van der Waals surface area contributed by atoms with Gasteiger partial charge in [-0.3, -0.25) is 4.99 Å². The second-order valence-corrected chi connectivity index (χ2v) is 5.95. The summed E-state index contributed by atoms with van der Waals surface area (Å²) in [6, 6.07) is 10.8. The summed E-state index contributed by atoms with van der Waals surface area (Å²) in [5.41, 5.74) is 1.08. The van der Waals surface area contributed by atoms with Gasteiger partial charge in [-0.1, -0.05) is 24.3 Å². The molecule has 0 radical (unpaired) electrons. The summed E-state index contributed by atoms with van der Waals surface area (Å²) >= 11 is 0. The molecule has 0 aliphatic carbocycles. The van der Waals surface area contributed by atoms with Crippen molar-refractivity contribution in [2.75, 3.05) is 27.8 Å². The highest BCUT2D eigenvalue weighted by atomic mass is 19.4. The topological polar surface area (TPSA) is 54.9 Å². The molecule has 0 heterocycles. The smallest absolute Gasteiger partial charge is 0.416 e. The van der Waals surface area contributed by atoms with Crippen molar-refractivity contribution < 1.29 is 22.6 Å². The molecule has 0 aliphatic rings. The van der Waals surface area contributed by atoms with Crippen LogP contribution in [-0.2, 0) is 19.1 Å². The Morgan fingerprint density at radius 2 is 1.71 bits per heavy atom. The van der Waals surface area contributed by atoms with E-state index in [2.05, 4.69) is 15.6 Å². The SMILES string of the molecule is CN=C(NCCc1ccc(C(F)(F)F)cc1)NCc1cccc(OC)c1OC. The number of benzene rings is 2. The first-order chi connectivity index (χ1) is 13.4. The van der Waals surface area contributed by atoms with Crippen LogP contribution in [0.25, 0.3) is 0 Å². The zero-order valence-corrected chi connectivity index (χ0v) is 16.1. The molecule has 8 heteroatoms. The van der Waals surface area contributed by atoms with Gasteiger partial charge in [-0.05, 0) is 30.2 Å². The number of rotatable bonds is 7. The number of aliphatic imine (C=N–C) groups is 1. The molecule has 0 fully saturated rings. The van der Waals surface area contributed by atoms with Gasteiger partial charge in [0, 0.05) is 25.7 Å². The molecular weight excluding hydrogens is 371 g/mol. The first kappa shape index (κ1) is 21.4. The molecule has 0 atom stereocenters. The summed E-state index contributed by atoms with van der Waals surface area (Å²) in [6.07, 6.45) is -3.74. The molecular formula is C20H24F3N3O2. The maximum atomic E-state index is 12.6. The third kappa shape index (κ3) is 5.80. The third-order valence-electron chi connectivity index (χ3n) is 4.14. The molecule has 0 amide bonds. The van der Waals surface area contributed by atoms with Crippen LogP contribution in [0.15, 0.2) is 47.5 Å². The fourth-order valence-electron chi connectivity index (χ4n) is 2.68. The van der Waals surface area contributed by atoms with Crippen LogP contribution in [0.4, 0.5) is 13.2 Å². The van der Waals surface area contributed by atoms with E-state index in [9.17, 15) is 13.2 Å². The van der Waals surface area contributed by atoms with Crippen molar-refractivity contribution in [2.24, 2.45) is 4.99 Å². The zero-order chi connectivity index (χ0) is 20.6. The number of ether oxygens (including phenoxy) is 2. The summed E-state index contributed by atoms with van der Waals surface area (Å²) in [5.74, 6) is 1.88. The van der Waals surface area contributed by atoms with E-state index in [4.69, 9.17) is 9.47 Å². The Balaban J connectivity index is 1.87. The first-order valence-corrected chi connectivity index (χ1v) is 8.69. The molecule has 0 unspecified atom stereocenters. The van der Waals surface area contributed by atoms with Crippen molar-refractivity contribution in [3.05, 3.63) is 59.2 Å². The molecule has 5 nitrogen and oxygen atoms in total. The zero-order valence-electron chi connectivity index (χ0n) is 16.1. The number of halogens is 3. The predicted octanol–water partition coefficient (Wildman–Crippen LogP) is 3.63. The number of hydrogen-bond donors (Lipinski definition) is 2. The number of alkyl halides is 3. The quantitative estimate of drug-likeness (QED) is 0.555. The van der Waals surface area contributed by atoms with Crippen molar-refractivity contribution in [1.82, 2.24) is 10.6 Å². The summed E-state index contributed by atoms with van der Waals surface area (Å²) in [6.45, 7) is 1.00. The normalized spacial score (nSPS) is 11.9. The Kier molecular flexibility index (Phi) is 7.54. The minimum Gasteiger partial charge on any atom is -0.493 e. The molecule has 0 aromatic heterocycles. The fraction of sp³-hybridized carbons (Fsp3) is 0.350. The van der Waals surface area contributed by atoms with E-state index in [-0.39, 0.29) is 0 Å². The van der Waals surface area contributed by atoms with Crippen LogP contribution in [0.2, 0.25) is 0 Å². The maximum absolute atomic E-state index is 12.6. The highest BCUT2D eigenvalue weighted by molar-refractivity contribution is 5.79. The van der Waals surface area contributed by atoms with Gasteiger partial charge in [-0.15, -0.1) is 0 Å². The summed E-state index contributed by atoms with van der Waals surface area (Å²) in [7, 11) is 4.81. The van der Waals surface area contributed by atoms with Gasteiger partial charge in [0.25, 0.3) is 0 Å². The van der Waals surface area contributed by atoms with Gasteiger partial charge in [0.15, 0.2) is 17.5 Å². The monoisotopic (exact) mass is 395 g/mol. The van der Waals surface area contributed by atoms with Crippen LogP contribution in [0.1, 0.15) is 16.7 Å². The number of nitrogens with one attached hydrogen (secondary N) is 2. The lowest BCUT2D eigenvalue weighted by atomic mass is 10.1. The highest BCUT2D eigenvalue weighted by Crippen LogP contribution is 2.30. The van der Waals surface area contributed by atoms with Gasteiger partial charge >= 0.3 is 6.18 Å². The molecule has 0 saturated heterocycles. The average Bonchev–Trinajstić information content (AvgIpc) is 2.69. The Morgan fingerprint density at radius 1 is 1.00 bits per heavy atom. The van der Waals surface area contributed by atoms with E-state index in [1.165, 1.54) is 12.1 Å². The lowest BCUT2D eigenvalue weighted by Crippen LogP contribution is -2.37. The number of para-hydroxylation sites is 1. The van der Waals surface area contributed by atoms with Crippen molar-refractivity contribution >= 4 is 5.96 Å². The van der Waals surface area contributed by atoms with Gasteiger partial charge in [-0.25, -0.2) is 0 Å². The standard InChI is InChI=1S/C20H24F3N3O2/c1-24-19(26-13-15-5-4-6-17(27-2)18(15)28-3)25-12-11-14-7-9-16(10-8-14)20(21,22)23/h4-10H,11-13H2,1-3H3,(H2,24,25,26). The maximum Gasteiger partial charge on any atom is 0.416 e. The molecule has 2 aromatic rings. The fourth-order valence-corrected chi connectivity index (χ4v) is 2.68. The molecule has 2 N–H and O–H groups in total. The number of hydrogen-bond acceptors (Lipinski definition) is 3. The van der Waals surface area contributed by atoms with Crippen LogP contribution in [0, 0.1) is 0 Å². The Morgan fingerprint density at radius 3 is 2.29 bits per heavy atom. The van der Waals surface area contributed by atoms with Gasteiger partial charge < -0.3 is 20.1 Å². The van der Waals surface area contributed by atoms with Crippen molar-refractivity contribution in [3.63, 3.8) is 0 Å². The van der Waals surface area contributed by atoms with Crippen LogP contribution in [0.3, 0.4) is 0 Å². The summed E-state index contributed by atoms with van der Waals surface area (Å²) in [4.78, 5) is 4.15. The molecule has 0 spiro atoms. The summed E-state index contributed by atoms with van der Waals surface area (Å²) in [5, 5.41) is 6.33. The second-order valence-electron chi connectivity index (χ2n) is 5.95. The minimum atomic E-state index is -4.32. The van der Waals surface area contributed by atoms with Crippen molar-refractivity contribution in [3.8, 4) is 11.5 Å². The third-order valence-corrected chi connectivity index (χ3v) is 4.14. The average molecular weight is 395 g/mol. The Hall–Kier alpha value is -2.90. The molecule has 0 saturated carbocycles. The molecule has 28 heavy (non-hydrogen) atoms. The molecule has 0 bridgehead atoms. The van der Waals surface area contributed by atoms with Crippen LogP contribution in [0.5, 0.6) is 11.5 Å². The van der Waals surface area contributed by atoms with E-state index in [1.54, 1.807) is 21.3 Å². The summed E-state index contributed by atoms with van der Waals surface area (Å²) < 4.78 is 48.5. The predicted molar refractivity (Wildman–Crippen MR) is 103 cm³/mol. The van der Waals surface area contributed by atoms with Crippen LogP contribution >= 0.6 is 0 Å². The number of nitrogens with zero attached hydrogens (tertiary/aromatic N) is 1. The van der Waals surface area contributed by atoms with E-state index < -0.39 is 11.7 Å². The first-order valence-electron chi connectivity index (χ1n) is 8.69. The van der Waals surface area contributed by atoms with Gasteiger partial charge in [0.1, 0.15) is 0 Å². The van der Waals surface area contributed by atoms with Gasteiger partial charge in [0.2, 0.25) is 0 Å². The number of guanidine groups is 1. The van der Waals surface area contributed by atoms with Crippen molar-refractivity contribution in [1.29, 1.82) is 0 Å². The van der Waals surface area contributed by atoms with Crippen LogP contribution < -0.4 is 20.1 Å². The van der Waals surface area contributed by atoms with E-state index >= 15 is 0 Å². The Bertz CT molecular complexity index is 790. The van der Waals surface area contributed by atoms with Gasteiger partial charge in [0.05, 0.1) is 19.8 Å². The van der Waals surface area contributed by atoms with E-state index in [1.807, 2.05) is 18.2 Å². The Labute approximate surface area is 162 Å². The second kappa shape index (κ2) is 9.87. The van der Waals surface area contributed by atoms with Crippen LogP contribution in [-0.4, -0.2) is 33.8 Å². The van der Waals surface area contributed by atoms with E-state index in [0.717, 1.165) is 23.3 Å². The largest absolute Gasteiger partial charge is 0.493 e. The molecule has 0 aliphatic heterocycles. The van der Waals surface area contributed by atoms with Gasteiger partial charge in [-0.2, -0.15) is 13.2 Å². The minimum absolute atomic E-state index is 0.473. The molecule has 2 rings (SSSR count). The highest BCUT2D eigenvalue weighted by Gasteiger charge is 2.29. The number of methoxy groups -OCH3 is 2. The molecule has 2 aromatic carbocycles. The lowest BCUT2D eigenvalue weighted by Gasteiger charge is -2.15. The van der Waals surface area contributed by atoms with Crippen molar-refractivity contribution in [2.45, 2.75) is 19.1 Å². The lowest BCUT2D eigenvalue weighted by molar-refractivity contribution is -0.137. The van der Waals surface area contributed by atoms with E-state index in [0.29, 0.717) is 37.0 Å².